The zero-order valence-electron chi connectivity index (χ0n) is 14.7. The van der Waals surface area contributed by atoms with E-state index < -0.39 is 11.5 Å². The van der Waals surface area contributed by atoms with Crippen LogP contribution in [0.2, 0.25) is 0 Å². The van der Waals surface area contributed by atoms with Gasteiger partial charge in [0.05, 0.1) is 13.2 Å². The molecule has 0 atom stereocenters. The van der Waals surface area contributed by atoms with Crippen LogP contribution in [0.3, 0.4) is 0 Å². The number of hydrogen-bond donors (Lipinski definition) is 0. The van der Waals surface area contributed by atoms with E-state index in [2.05, 4.69) is 4.98 Å². The van der Waals surface area contributed by atoms with Gasteiger partial charge < -0.3 is 9.15 Å². The minimum atomic E-state index is -0.648. The molecule has 0 saturated heterocycles. The second-order valence-corrected chi connectivity index (χ2v) is 5.90. The van der Waals surface area contributed by atoms with Crippen molar-refractivity contribution in [2.24, 2.45) is 0 Å². The maximum Gasteiger partial charge on any atom is 0.342 e. The van der Waals surface area contributed by atoms with E-state index in [1.165, 1.54) is 10.9 Å². The van der Waals surface area contributed by atoms with Crippen LogP contribution in [0, 0.1) is 13.8 Å². The molecule has 26 heavy (non-hydrogen) atoms. The third kappa shape index (κ3) is 3.15. The Hall–Kier alpha value is -3.22. The van der Waals surface area contributed by atoms with Gasteiger partial charge in [-0.1, -0.05) is 29.8 Å². The van der Waals surface area contributed by atoms with Crippen molar-refractivity contribution in [1.82, 2.24) is 9.55 Å². The molecule has 0 unspecified atom stereocenters. The maximum absolute atomic E-state index is 12.8. The Morgan fingerprint density at radius 3 is 2.54 bits per heavy atom. The first-order chi connectivity index (χ1) is 12.4. The summed E-state index contributed by atoms with van der Waals surface area (Å²) in [5.74, 6) is -0.623. The average Bonchev–Trinajstić information content (AvgIpc) is 2.95. The topological polar surface area (TPSA) is 91.4 Å². The second kappa shape index (κ2) is 6.95. The molecule has 3 aromatic rings. The molecule has 0 spiro atoms. The molecule has 1 aromatic carbocycles. The van der Waals surface area contributed by atoms with Gasteiger partial charge >= 0.3 is 5.97 Å². The smallest absolute Gasteiger partial charge is 0.342 e. The van der Waals surface area contributed by atoms with E-state index in [-0.39, 0.29) is 41.4 Å². The minimum Gasteiger partial charge on any atom is -0.462 e. The summed E-state index contributed by atoms with van der Waals surface area (Å²) in [7, 11) is 0. The fourth-order valence-electron chi connectivity index (χ4n) is 2.68. The quantitative estimate of drug-likeness (QED) is 0.517. The highest BCUT2D eigenvalue weighted by molar-refractivity contribution is 6.03. The fraction of sp³-hybridized carbons (Fsp3) is 0.263. The molecule has 0 saturated carbocycles. The van der Waals surface area contributed by atoms with Gasteiger partial charge in [-0.25, -0.2) is 9.78 Å². The second-order valence-electron chi connectivity index (χ2n) is 5.90. The Bertz CT molecular complexity index is 1040. The van der Waals surface area contributed by atoms with Gasteiger partial charge in [-0.05, 0) is 20.8 Å². The summed E-state index contributed by atoms with van der Waals surface area (Å²) in [4.78, 5) is 41.5. The number of furan rings is 1. The Labute approximate surface area is 149 Å². The molecular weight excluding hydrogens is 336 g/mol. The molecule has 0 aliphatic heterocycles. The number of ketones is 1. The third-order valence-corrected chi connectivity index (χ3v) is 4.02. The lowest BCUT2D eigenvalue weighted by molar-refractivity contribution is 0.0526. The van der Waals surface area contributed by atoms with E-state index >= 15 is 0 Å². The number of Topliss-reactive ketones (excluding diaryl/α,β-unsaturated/α-hetero) is 1. The molecule has 0 bridgehead atoms. The fourth-order valence-corrected chi connectivity index (χ4v) is 2.68. The number of carbonyl (C=O) groups excluding carboxylic acids is 2. The van der Waals surface area contributed by atoms with Gasteiger partial charge in [-0.3, -0.25) is 14.2 Å². The van der Waals surface area contributed by atoms with Gasteiger partial charge in [-0.2, -0.15) is 0 Å². The number of benzene rings is 1. The average molecular weight is 354 g/mol. The SMILES string of the molecule is CCOC(=O)c1c(C)oc2ncn(CC(=O)c3ccc(C)cc3)c(=O)c12. The third-order valence-electron chi connectivity index (χ3n) is 4.02. The molecule has 2 aromatic heterocycles. The number of aromatic nitrogens is 2. The van der Waals surface area contributed by atoms with Gasteiger partial charge in [0, 0.05) is 5.56 Å². The Kier molecular flexibility index (Phi) is 4.71. The predicted molar refractivity (Wildman–Crippen MR) is 94.5 cm³/mol. The van der Waals surface area contributed by atoms with Gasteiger partial charge in [0.15, 0.2) is 5.78 Å². The zero-order chi connectivity index (χ0) is 18.8. The van der Waals surface area contributed by atoms with E-state index in [4.69, 9.17) is 9.15 Å². The van der Waals surface area contributed by atoms with Crippen molar-refractivity contribution < 1.29 is 18.7 Å². The van der Waals surface area contributed by atoms with Crippen LogP contribution in [0.25, 0.3) is 11.1 Å². The first-order valence-corrected chi connectivity index (χ1v) is 8.18. The van der Waals surface area contributed by atoms with Crippen LogP contribution in [0.1, 0.15) is 39.0 Å². The van der Waals surface area contributed by atoms with Gasteiger partial charge in [-0.15, -0.1) is 0 Å². The monoisotopic (exact) mass is 354 g/mol. The van der Waals surface area contributed by atoms with Gasteiger partial charge in [0.2, 0.25) is 5.71 Å². The highest BCUT2D eigenvalue weighted by Crippen LogP contribution is 2.21. The predicted octanol–water partition coefficient (Wildman–Crippen LogP) is 2.67. The van der Waals surface area contributed by atoms with Crippen LogP contribution in [0.15, 0.2) is 39.8 Å². The first-order valence-electron chi connectivity index (χ1n) is 8.18. The van der Waals surface area contributed by atoms with Crippen LogP contribution in [-0.2, 0) is 11.3 Å². The number of fused-ring (bicyclic) bond motifs is 1. The number of esters is 1. The van der Waals surface area contributed by atoms with Gasteiger partial charge in [0.25, 0.3) is 5.56 Å². The molecule has 7 heteroatoms. The minimum absolute atomic E-state index is 0.0279. The Morgan fingerprint density at radius 1 is 1.19 bits per heavy atom. The summed E-state index contributed by atoms with van der Waals surface area (Å²) in [6, 6.07) is 7.08. The summed E-state index contributed by atoms with van der Waals surface area (Å²) in [5, 5.41) is 0.0279. The molecule has 0 aliphatic rings. The lowest BCUT2D eigenvalue weighted by atomic mass is 10.1. The van der Waals surface area contributed by atoms with E-state index in [9.17, 15) is 14.4 Å². The number of nitrogens with zero attached hydrogens (tertiary/aromatic N) is 2. The van der Waals surface area contributed by atoms with E-state index in [1.54, 1.807) is 26.0 Å². The number of ether oxygens (including phenoxy) is 1. The van der Waals surface area contributed by atoms with Crippen molar-refractivity contribution in [3.63, 3.8) is 0 Å². The molecule has 3 rings (SSSR count). The van der Waals surface area contributed by atoms with E-state index in [1.807, 2.05) is 19.1 Å². The zero-order valence-corrected chi connectivity index (χ0v) is 14.7. The van der Waals surface area contributed by atoms with E-state index in [0.717, 1.165) is 5.56 Å². The molecular formula is C19H18N2O5. The van der Waals surface area contributed by atoms with Crippen LogP contribution in [-0.4, -0.2) is 27.9 Å². The highest BCUT2D eigenvalue weighted by Gasteiger charge is 2.24. The molecule has 0 radical (unpaired) electrons. The molecule has 0 amide bonds. The molecule has 2 heterocycles. The van der Waals surface area contributed by atoms with Crippen molar-refractivity contribution >= 4 is 22.9 Å². The summed E-state index contributed by atoms with van der Waals surface area (Å²) in [6.07, 6.45) is 1.24. The summed E-state index contributed by atoms with van der Waals surface area (Å²) < 4.78 is 11.6. The van der Waals surface area contributed by atoms with Crippen molar-refractivity contribution in [2.45, 2.75) is 27.3 Å². The first kappa shape index (κ1) is 17.6. The van der Waals surface area contributed by atoms with Crippen molar-refractivity contribution in [3.05, 3.63) is 63.4 Å². The van der Waals surface area contributed by atoms with Crippen LogP contribution in [0.5, 0.6) is 0 Å². The largest absolute Gasteiger partial charge is 0.462 e. The molecule has 134 valence electrons. The van der Waals surface area contributed by atoms with Crippen LogP contribution >= 0.6 is 0 Å². The molecule has 7 nitrogen and oxygen atoms in total. The highest BCUT2D eigenvalue weighted by atomic mass is 16.5. The number of hydrogen-bond acceptors (Lipinski definition) is 6. The maximum atomic E-state index is 12.8. The molecule has 0 fully saturated rings. The van der Waals surface area contributed by atoms with E-state index in [0.29, 0.717) is 5.56 Å². The molecule has 0 aliphatic carbocycles. The Morgan fingerprint density at radius 2 is 1.88 bits per heavy atom. The van der Waals surface area contributed by atoms with Crippen molar-refractivity contribution in [2.75, 3.05) is 6.61 Å². The lowest BCUT2D eigenvalue weighted by Crippen LogP contribution is -2.25. The summed E-state index contributed by atoms with van der Waals surface area (Å²) in [5.41, 5.74) is 1.12. The molecule has 0 N–H and O–H groups in total. The van der Waals surface area contributed by atoms with Crippen LogP contribution in [0.4, 0.5) is 0 Å². The Balaban J connectivity index is 2.02. The standard InChI is InChI=1S/C19H18N2O5/c1-4-25-19(24)15-12(3)26-17-16(15)18(23)21(10-20-17)9-14(22)13-7-5-11(2)6-8-13/h5-8,10H,4,9H2,1-3H3. The number of carbonyl (C=O) groups is 2. The lowest BCUT2D eigenvalue weighted by Gasteiger charge is -2.05. The normalized spacial score (nSPS) is 10.9. The van der Waals surface area contributed by atoms with Crippen molar-refractivity contribution in [3.8, 4) is 0 Å². The number of rotatable bonds is 5. The van der Waals surface area contributed by atoms with Crippen LogP contribution < -0.4 is 5.56 Å². The summed E-state index contributed by atoms with van der Waals surface area (Å²) >= 11 is 0. The number of aryl methyl sites for hydroxylation is 2. The summed E-state index contributed by atoms with van der Waals surface area (Å²) in [6.45, 7) is 5.15. The van der Waals surface area contributed by atoms with Gasteiger partial charge in [0.1, 0.15) is 23.0 Å². The van der Waals surface area contributed by atoms with Crippen molar-refractivity contribution in [1.29, 1.82) is 0 Å².